The Morgan fingerprint density at radius 2 is 2.44 bits per heavy atom. The van der Waals surface area contributed by atoms with Crippen molar-refractivity contribution in [1.82, 2.24) is 10.2 Å². The van der Waals surface area contributed by atoms with Gasteiger partial charge in [0.2, 0.25) is 0 Å². The number of rotatable bonds is 6. The van der Waals surface area contributed by atoms with E-state index in [1.54, 1.807) is 0 Å². The first-order valence-corrected chi connectivity index (χ1v) is 6.11. The van der Waals surface area contributed by atoms with Gasteiger partial charge in [0, 0.05) is 25.0 Å². The number of nitrogens with zero attached hydrogens (tertiary/aromatic N) is 2. The zero-order valence-electron chi connectivity index (χ0n) is 10.3. The lowest BCUT2D eigenvalue weighted by atomic mass is 10.1. The maximum Gasteiger partial charge on any atom is 0.143 e. The number of likely N-dealkylation sites (N-methyl/N-ethyl adjacent to an activating group) is 1. The molecule has 2 atom stereocenters. The van der Waals surface area contributed by atoms with Crippen molar-refractivity contribution in [1.29, 1.82) is 0 Å². The monoisotopic (exact) mass is 228 g/mol. The van der Waals surface area contributed by atoms with Crippen LogP contribution >= 0.6 is 0 Å². The van der Waals surface area contributed by atoms with Crippen LogP contribution in [0.3, 0.4) is 0 Å². The van der Waals surface area contributed by atoms with Crippen molar-refractivity contribution in [2.45, 2.75) is 32.7 Å². The molecule has 5 nitrogen and oxygen atoms in total. The van der Waals surface area contributed by atoms with Crippen molar-refractivity contribution < 1.29 is 5.21 Å². The summed E-state index contributed by atoms with van der Waals surface area (Å²) in [4.78, 5) is 2.50. The third-order valence-corrected chi connectivity index (χ3v) is 3.36. The number of likely N-dealkylation sites (tertiary alicyclic amines) is 1. The van der Waals surface area contributed by atoms with E-state index in [1.807, 2.05) is 6.92 Å². The van der Waals surface area contributed by atoms with E-state index >= 15 is 0 Å². The van der Waals surface area contributed by atoms with Gasteiger partial charge in [0.25, 0.3) is 0 Å². The smallest absolute Gasteiger partial charge is 0.143 e. The van der Waals surface area contributed by atoms with Crippen molar-refractivity contribution in [3.05, 3.63) is 0 Å². The van der Waals surface area contributed by atoms with E-state index in [0.29, 0.717) is 11.9 Å². The highest BCUT2D eigenvalue weighted by molar-refractivity contribution is 5.82. The van der Waals surface area contributed by atoms with E-state index < -0.39 is 0 Å². The highest BCUT2D eigenvalue weighted by atomic mass is 16.4. The van der Waals surface area contributed by atoms with Gasteiger partial charge in [0.15, 0.2) is 0 Å². The van der Waals surface area contributed by atoms with Crippen LogP contribution in [-0.2, 0) is 0 Å². The average Bonchev–Trinajstić information content (AvgIpc) is 2.75. The summed E-state index contributed by atoms with van der Waals surface area (Å²) in [6.45, 7) is 8.27. The average molecular weight is 228 g/mol. The van der Waals surface area contributed by atoms with Gasteiger partial charge in [-0.25, -0.2) is 0 Å². The van der Waals surface area contributed by atoms with Gasteiger partial charge in [-0.3, -0.25) is 4.90 Å². The zero-order valence-corrected chi connectivity index (χ0v) is 10.3. The summed E-state index contributed by atoms with van der Waals surface area (Å²) < 4.78 is 0. The number of oxime groups is 1. The molecular weight excluding hydrogens is 204 g/mol. The van der Waals surface area contributed by atoms with Crippen molar-refractivity contribution >= 4 is 5.84 Å². The van der Waals surface area contributed by atoms with Crippen LogP contribution in [0.4, 0.5) is 0 Å². The largest absolute Gasteiger partial charge is 0.409 e. The molecule has 1 saturated heterocycles. The van der Waals surface area contributed by atoms with Gasteiger partial charge in [0.05, 0.1) is 0 Å². The summed E-state index contributed by atoms with van der Waals surface area (Å²) in [6.07, 6.45) is 2.58. The molecule has 0 amide bonds. The van der Waals surface area contributed by atoms with Crippen molar-refractivity contribution in [3.63, 3.8) is 0 Å². The van der Waals surface area contributed by atoms with Crippen LogP contribution in [0.5, 0.6) is 0 Å². The number of nitrogens with one attached hydrogen (secondary N) is 1. The van der Waals surface area contributed by atoms with Crippen molar-refractivity contribution in [2.24, 2.45) is 16.8 Å². The second-order valence-corrected chi connectivity index (χ2v) is 4.51. The van der Waals surface area contributed by atoms with E-state index in [-0.39, 0.29) is 5.92 Å². The number of nitrogens with two attached hydrogens (primary N) is 1. The quantitative estimate of drug-likeness (QED) is 0.267. The first-order valence-electron chi connectivity index (χ1n) is 6.11. The van der Waals surface area contributed by atoms with Crippen molar-refractivity contribution in [3.8, 4) is 0 Å². The summed E-state index contributed by atoms with van der Waals surface area (Å²) in [5.74, 6) is 0.382. The lowest BCUT2D eigenvalue weighted by Crippen LogP contribution is -2.40. The zero-order chi connectivity index (χ0) is 12.0. The molecule has 0 bridgehead atoms. The summed E-state index contributed by atoms with van der Waals surface area (Å²) in [7, 11) is 0. The van der Waals surface area contributed by atoms with Gasteiger partial charge in [-0.2, -0.15) is 0 Å². The Morgan fingerprint density at radius 3 is 3.06 bits per heavy atom. The molecule has 1 fully saturated rings. The molecule has 16 heavy (non-hydrogen) atoms. The number of amidine groups is 1. The Labute approximate surface area is 97.7 Å². The first-order chi connectivity index (χ1) is 7.69. The predicted octanol–water partition coefficient (Wildman–Crippen LogP) is 0.443. The SMILES string of the molecule is CCN1CCCC1CNCC(C)C(N)=NO. The molecule has 1 heterocycles. The molecule has 0 aromatic carbocycles. The van der Waals surface area contributed by atoms with E-state index in [4.69, 9.17) is 10.9 Å². The fourth-order valence-corrected chi connectivity index (χ4v) is 2.21. The highest BCUT2D eigenvalue weighted by Gasteiger charge is 2.22. The molecule has 5 heteroatoms. The minimum absolute atomic E-state index is 0.0847. The van der Waals surface area contributed by atoms with Crippen LogP contribution in [0, 0.1) is 5.92 Å². The minimum Gasteiger partial charge on any atom is -0.409 e. The van der Waals surface area contributed by atoms with E-state index in [1.165, 1.54) is 19.4 Å². The Bertz CT molecular complexity index is 232. The minimum atomic E-state index is 0.0847. The summed E-state index contributed by atoms with van der Waals surface area (Å²) in [5.41, 5.74) is 5.51. The molecule has 2 unspecified atom stereocenters. The normalized spacial score (nSPS) is 24.9. The lowest BCUT2D eigenvalue weighted by Gasteiger charge is -2.23. The van der Waals surface area contributed by atoms with Crippen LogP contribution < -0.4 is 11.1 Å². The van der Waals surface area contributed by atoms with Gasteiger partial charge in [-0.15, -0.1) is 0 Å². The topological polar surface area (TPSA) is 73.9 Å². The molecule has 0 saturated carbocycles. The molecule has 0 radical (unpaired) electrons. The maximum absolute atomic E-state index is 8.52. The van der Waals surface area contributed by atoms with Gasteiger partial charge in [-0.1, -0.05) is 19.0 Å². The summed E-state index contributed by atoms with van der Waals surface area (Å²) in [6, 6.07) is 0.657. The molecule has 1 aliphatic rings. The molecule has 94 valence electrons. The van der Waals surface area contributed by atoms with Crippen LogP contribution in [0.25, 0.3) is 0 Å². The van der Waals surface area contributed by atoms with Gasteiger partial charge < -0.3 is 16.3 Å². The number of hydrogen-bond acceptors (Lipinski definition) is 4. The predicted molar refractivity (Wildman–Crippen MR) is 65.7 cm³/mol. The fourth-order valence-electron chi connectivity index (χ4n) is 2.21. The van der Waals surface area contributed by atoms with Gasteiger partial charge >= 0.3 is 0 Å². The van der Waals surface area contributed by atoms with E-state index in [9.17, 15) is 0 Å². The number of hydrogen-bond donors (Lipinski definition) is 3. The van der Waals surface area contributed by atoms with Gasteiger partial charge in [0.1, 0.15) is 5.84 Å². The first kappa shape index (κ1) is 13.3. The Kier molecular flexibility index (Phi) is 5.55. The van der Waals surface area contributed by atoms with Gasteiger partial charge in [-0.05, 0) is 25.9 Å². The second-order valence-electron chi connectivity index (χ2n) is 4.51. The van der Waals surface area contributed by atoms with Crippen LogP contribution in [0.1, 0.15) is 26.7 Å². The molecule has 0 spiro atoms. The second kappa shape index (κ2) is 6.70. The molecule has 1 aliphatic heterocycles. The molecular formula is C11H24N4O. The summed E-state index contributed by atoms with van der Waals surface area (Å²) in [5, 5.41) is 14.9. The maximum atomic E-state index is 8.52. The lowest BCUT2D eigenvalue weighted by molar-refractivity contribution is 0.259. The Balaban J connectivity index is 2.20. The third-order valence-electron chi connectivity index (χ3n) is 3.36. The Morgan fingerprint density at radius 1 is 1.69 bits per heavy atom. The van der Waals surface area contributed by atoms with E-state index in [2.05, 4.69) is 22.3 Å². The molecule has 0 aliphatic carbocycles. The standard InChI is InChI=1S/C11H24N4O/c1-3-15-6-4-5-10(15)8-13-7-9(2)11(12)14-16/h9-10,13,16H,3-8H2,1-2H3,(H2,12,14). The molecule has 0 aromatic heterocycles. The van der Waals surface area contributed by atoms with E-state index in [0.717, 1.165) is 19.6 Å². The van der Waals surface area contributed by atoms with Crippen LogP contribution in [0.2, 0.25) is 0 Å². The summed E-state index contributed by atoms with van der Waals surface area (Å²) >= 11 is 0. The molecule has 0 aromatic rings. The Hall–Kier alpha value is -0.810. The fraction of sp³-hybridized carbons (Fsp3) is 0.909. The van der Waals surface area contributed by atoms with Crippen LogP contribution in [-0.4, -0.2) is 48.2 Å². The molecule has 1 rings (SSSR count). The van der Waals surface area contributed by atoms with Crippen molar-refractivity contribution in [2.75, 3.05) is 26.2 Å². The third kappa shape index (κ3) is 3.64. The highest BCUT2D eigenvalue weighted by Crippen LogP contribution is 2.15. The molecule has 4 N–H and O–H groups in total. The van der Waals surface area contributed by atoms with Crippen LogP contribution in [0.15, 0.2) is 5.16 Å².